The molecule has 0 amide bonds. The largest absolute Gasteiger partial charge is 0.368 e. The predicted octanol–water partition coefficient (Wildman–Crippen LogP) is 1.66. The molecule has 1 nitrogen and oxygen atoms in total. The standard InChI is InChI=1S/C8H10O/c1-2-4-7(5-3-1)8-6-9-8/h1-2,4,8H,3,5-6H2/t8-/m1/s1. The van der Waals surface area contributed by atoms with E-state index in [4.69, 9.17) is 4.74 Å². The Bertz CT molecular complexity index is 163. The fourth-order valence-electron chi connectivity index (χ4n) is 1.15. The Hall–Kier alpha value is -0.560. The van der Waals surface area contributed by atoms with Crippen molar-refractivity contribution < 1.29 is 4.74 Å². The zero-order chi connectivity index (χ0) is 6.10. The van der Waals surface area contributed by atoms with Gasteiger partial charge in [-0.15, -0.1) is 0 Å². The van der Waals surface area contributed by atoms with Crippen molar-refractivity contribution in [1.82, 2.24) is 0 Å². The summed E-state index contributed by atoms with van der Waals surface area (Å²) in [6.45, 7) is 0.958. The van der Waals surface area contributed by atoms with E-state index in [0.717, 1.165) is 6.61 Å². The van der Waals surface area contributed by atoms with Crippen LogP contribution in [0.3, 0.4) is 0 Å². The summed E-state index contributed by atoms with van der Waals surface area (Å²) >= 11 is 0. The molecule has 9 heavy (non-hydrogen) atoms. The van der Waals surface area contributed by atoms with Crippen molar-refractivity contribution in [2.45, 2.75) is 18.9 Å². The van der Waals surface area contributed by atoms with E-state index in [1.165, 1.54) is 18.4 Å². The molecule has 0 spiro atoms. The zero-order valence-electron chi connectivity index (χ0n) is 5.34. The minimum Gasteiger partial charge on any atom is -0.368 e. The van der Waals surface area contributed by atoms with Gasteiger partial charge in [-0.1, -0.05) is 18.2 Å². The topological polar surface area (TPSA) is 12.5 Å². The van der Waals surface area contributed by atoms with Gasteiger partial charge >= 0.3 is 0 Å². The van der Waals surface area contributed by atoms with Crippen LogP contribution in [0.1, 0.15) is 12.8 Å². The molecular formula is C8H10O. The van der Waals surface area contributed by atoms with Crippen LogP contribution < -0.4 is 0 Å². The first kappa shape index (κ1) is 5.24. The Morgan fingerprint density at radius 1 is 1.56 bits per heavy atom. The van der Waals surface area contributed by atoms with E-state index in [1.54, 1.807) is 0 Å². The maximum Gasteiger partial charge on any atom is 0.102 e. The fraction of sp³-hybridized carbons (Fsp3) is 0.500. The molecule has 48 valence electrons. The molecule has 1 heteroatoms. The van der Waals surface area contributed by atoms with Crippen LogP contribution in [0.2, 0.25) is 0 Å². The highest BCUT2D eigenvalue weighted by atomic mass is 16.6. The molecular weight excluding hydrogens is 112 g/mol. The third kappa shape index (κ3) is 1.06. The summed E-state index contributed by atoms with van der Waals surface area (Å²) in [5.41, 5.74) is 1.48. The van der Waals surface area contributed by atoms with Crippen LogP contribution in [0.4, 0.5) is 0 Å². The van der Waals surface area contributed by atoms with Gasteiger partial charge in [0.1, 0.15) is 6.10 Å². The first-order chi connectivity index (χ1) is 4.47. The van der Waals surface area contributed by atoms with Crippen LogP contribution in [0, 0.1) is 0 Å². The summed E-state index contributed by atoms with van der Waals surface area (Å²) in [4.78, 5) is 0. The van der Waals surface area contributed by atoms with Gasteiger partial charge in [-0.2, -0.15) is 0 Å². The normalized spacial score (nSPS) is 32.0. The fourth-order valence-corrected chi connectivity index (χ4v) is 1.15. The van der Waals surface area contributed by atoms with Crippen LogP contribution in [-0.4, -0.2) is 12.7 Å². The predicted molar refractivity (Wildman–Crippen MR) is 36.2 cm³/mol. The molecule has 0 radical (unpaired) electrons. The second-order valence-corrected chi connectivity index (χ2v) is 2.53. The maximum atomic E-state index is 5.15. The van der Waals surface area contributed by atoms with Crippen molar-refractivity contribution >= 4 is 0 Å². The number of epoxide rings is 1. The van der Waals surface area contributed by atoms with Crippen LogP contribution in [0.5, 0.6) is 0 Å². The lowest BCUT2D eigenvalue weighted by molar-refractivity contribution is 0.427. The van der Waals surface area contributed by atoms with Crippen molar-refractivity contribution in [3.05, 3.63) is 23.8 Å². The zero-order valence-corrected chi connectivity index (χ0v) is 5.34. The molecule has 1 fully saturated rings. The molecule has 1 atom stereocenters. The molecule has 0 aromatic rings. The smallest absolute Gasteiger partial charge is 0.102 e. The van der Waals surface area contributed by atoms with E-state index in [1.807, 2.05) is 0 Å². The van der Waals surface area contributed by atoms with Crippen molar-refractivity contribution in [2.75, 3.05) is 6.61 Å². The van der Waals surface area contributed by atoms with Gasteiger partial charge in [0.15, 0.2) is 0 Å². The van der Waals surface area contributed by atoms with E-state index >= 15 is 0 Å². The lowest BCUT2D eigenvalue weighted by atomic mass is 10.0. The Kier molecular flexibility index (Phi) is 1.16. The van der Waals surface area contributed by atoms with Crippen LogP contribution in [-0.2, 0) is 4.74 Å². The highest BCUT2D eigenvalue weighted by molar-refractivity contribution is 5.23. The Labute approximate surface area is 55.0 Å². The molecule has 0 N–H and O–H groups in total. The van der Waals surface area contributed by atoms with Gasteiger partial charge in [-0.05, 0) is 18.4 Å². The average Bonchev–Trinajstić information content (AvgIpc) is 2.71. The average molecular weight is 122 g/mol. The lowest BCUT2D eigenvalue weighted by Gasteiger charge is -2.03. The summed E-state index contributed by atoms with van der Waals surface area (Å²) < 4.78 is 5.15. The third-order valence-corrected chi connectivity index (χ3v) is 1.79. The first-order valence-electron chi connectivity index (χ1n) is 3.44. The minimum atomic E-state index is 0.495. The summed E-state index contributed by atoms with van der Waals surface area (Å²) in [5.74, 6) is 0. The van der Waals surface area contributed by atoms with Crippen LogP contribution in [0.15, 0.2) is 23.8 Å². The third-order valence-electron chi connectivity index (χ3n) is 1.79. The van der Waals surface area contributed by atoms with Gasteiger partial charge in [0.05, 0.1) is 6.61 Å². The highest BCUT2D eigenvalue weighted by Gasteiger charge is 2.26. The highest BCUT2D eigenvalue weighted by Crippen LogP contribution is 2.25. The van der Waals surface area contributed by atoms with Crippen LogP contribution in [0.25, 0.3) is 0 Å². The Balaban J connectivity index is 2.07. The van der Waals surface area contributed by atoms with Crippen molar-refractivity contribution in [2.24, 2.45) is 0 Å². The molecule has 0 aromatic heterocycles. The molecule has 2 rings (SSSR count). The van der Waals surface area contributed by atoms with E-state index in [-0.39, 0.29) is 0 Å². The van der Waals surface area contributed by atoms with Crippen molar-refractivity contribution in [1.29, 1.82) is 0 Å². The van der Waals surface area contributed by atoms with Gasteiger partial charge in [0, 0.05) is 0 Å². The number of hydrogen-bond donors (Lipinski definition) is 0. The monoisotopic (exact) mass is 122 g/mol. The molecule has 0 saturated carbocycles. The number of ether oxygens (including phenoxy) is 1. The van der Waals surface area contributed by atoms with Gasteiger partial charge in [-0.3, -0.25) is 0 Å². The van der Waals surface area contributed by atoms with E-state index < -0.39 is 0 Å². The second-order valence-electron chi connectivity index (χ2n) is 2.53. The quantitative estimate of drug-likeness (QED) is 0.482. The Morgan fingerprint density at radius 3 is 3.00 bits per heavy atom. The number of rotatable bonds is 1. The van der Waals surface area contributed by atoms with E-state index in [2.05, 4.69) is 18.2 Å². The summed E-state index contributed by atoms with van der Waals surface area (Å²) in [6, 6.07) is 0. The molecule has 0 bridgehead atoms. The van der Waals surface area contributed by atoms with Gasteiger partial charge in [-0.25, -0.2) is 0 Å². The molecule has 1 saturated heterocycles. The van der Waals surface area contributed by atoms with Crippen molar-refractivity contribution in [3.63, 3.8) is 0 Å². The van der Waals surface area contributed by atoms with Gasteiger partial charge in [0.2, 0.25) is 0 Å². The molecule has 1 aliphatic carbocycles. The SMILES string of the molecule is C1=CCCC([C@H]2CO2)=C1. The van der Waals surface area contributed by atoms with Gasteiger partial charge < -0.3 is 4.74 Å². The van der Waals surface area contributed by atoms with Gasteiger partial charge in [0.25, 0.3) is 0 Å². The summed E-state index contributed by atoms with van der Waals surface area (Å²) in [6.07, 6.45) is 9.41. The van der Waals surface area contributed by atoms with Crippen LogP contribution >= 0.6 is 0 Å². The molecule has 1 aliphatic heterocycles. The maximum absolute atomic E-state index is 5.15. The second kappa shape index (κ2) is 1.99. The lowest BCUT2D eigenvalue weighted by Crippen LogP contribution is -1.94. The van der Waals surface area contributed by atoms with Crippen molar-refractivity contribution in [3.8, 4) is 0 Å². The summed E-state index contributed by atoms with van der Waals surface area (Å²) in [5, 5.41) is 0. The van der Waals surface area contributed by atoms with E-state index in [9.17, 15) is 0 Å². The number of allylic oxidation sites excluding steroid dienone is 3. The summed E-state index contributed by atoms with van der Waals surface area (Å²) in [7, 11) is 0. The molecule has 2 aliphatic rings. The number of hydrogen-bond acceptors (Lipinski definition) is 1. The Morgan fingerprint density at radius 2 is 2.44 bits per heavy atom. The van der Waals surface area contributed by atoms with E-state index in [0.29, 0.717) is 6.10 Å². The molecule has 0 aromatic carbocycles. The molecule has 1 heterocycles. The minimum absolute atomic E-state index is 0.495. The first-order valence-corrected chi connectivity index (χ1v) is 3.44. The molecule has 0 unspecified atom stereocenters.